The Morgan fingerprint density at radius 2 is 2.25 bits per heavy atom. The minimum atomic E-state index is 0.441. The van der Waals surface area contributed by atoms with Crippen LogP contribution in [0.3, 0.4) is 0 Å². The molecular formula is C16H19BrN2S. The van der Waals surface area contributed by atoms with Crippen molar-refractivity contribution in [3.8, 4) is 0 Å². The molecule has 1 aliphatic rings. The molecule has 0 fully saturated rings. The van der Waals surface area contributed by atoms with Crippen molar-refractivity contribution in [2.75, 3.05) is 18.0 Å². The fraction of sp³-hybridized carbons (Fsp3) is 0.375. The van der Waals surface area contributed by atoms with Gasteiger partial charge in [0.15, 0.2) is 0 Å². The van der Waals surface area contributed by atoms with E-state index in [0.29, 0.717) is 12.6 Å². The standard InChI is InChI=1S/C16H19BrN2S/c1-11-14-6-9-20-16(14)5-8-19(11)15-10-13(17)3-2-12(15)4-7-18/h2-3,6,9-11H,4-5,7-8,18H2,1H3. The molecule has 0 bridgehead atoms. The van der Waals surface area contributed by atoms with Gasteiger partial charge in [0, 0.05) is 21.6 Å². The van der Waals surface area contributed by atoms with Crippen LogP contribution in [0.2, 0.25) is 0 Å². The minimum Gasteiger partial charge on any atom is -0.364 e. The summed E-state index contributed by atoms with van der Waals surface area (Å²) in [6.07, 6.45) is 2.08. The summed E-state index contributed by atoms with van der Waals surface area (Å²) in [7, 11) is 0. The summed E-state index contributed by atoms with van der Waals surface area (Å²) in [5, 5.41) is 2.21. The first kappa shape index (κ1) is 14.1. The fourth-order valence-electron chi connectivity index (χ4n) is 3.01. The van der Waals surface area contributed by atoms with Crippen molar-refractivity contribution in [1.82, 2.24) is 0 Å². The third-order valence-electron chi connectivity index (χ3n) is 4.05. The van der Waals surface area contributed by atoms with Crippen LogP contribution in [0.1, 0.15) is 29.0 Å². The average Bonchev–Trinajstić information content (AvgIpc) is 2.91. The van der Waals surface area contributed by atoms with Crippen LogP contribution in [0, 0.1) is 0 Å². The number of nitrogens with two attached hydrogens (primary N) is 1. The molecule has 0 aliphatic carbocycles. The van der Waals surface area contributed by atoms with Crippen LogP contribution in [0.5, 0.6) is 0 Å². The van der Waals surface area contributed by atoms with E-state index >= 15 is 0 Å². The molecule has 106 valence electrons. The number of fused-ring (bicyclic) bond motifs is 1. The van der Waals surface area contributed by atoms with Crippen molar-refractivity contribution >= 4 is 33.0 Å². The van der Waals surface area contributed by atoms with E-state index in [0.717, 1.165) is 23.9 Å². The smallest absolute Gasteiger partial charge is 0.0525 e. The molecule has 1 unspecified atom stereocenters. The number of benzene rings is 1. The van der Waals surface area contributed by atoms with E-state index in [2.05, 4.69) is 57.4 Å². The molecule has 2 aromatic rings. The predicted molar refractivity (Wildman–Crippen MR) is 90.7 cm³/mol. The number of thiophene rings is 1. The highest BCUT2D eigenvalue weighted by Gasteiger charge is 2.26. The zero-order valence-corrected chi connectivity index (χ0v) is 14.0. The average molecular weight is 351 g/mol. The summed E-state index contributed by atoms with van der Waals surface area (Å²) < 4.78 is 1.14. The van der Waals surface area contributed by atoms with Gasteiger partial charge in [-0.3, -0.25) is 0 Å². The predicted octanol–water partition coefficient (Wildman–Crippen LogP) is 4.14. The Morgan fingerprint density at radius 1 is 1.40 bits per heavy atom. The molecule has 0 saturated heterocycles. The fourth-order valence-corrected chi connectivity index (χ4v) is 4.32. The Bertz CT molecular complexity index is 608. The molecule has 1 aromatic heterocycles. The molecule has 1 atom stereocenters. The number of hydrogen-bond acceptors (Lipinski definition) is 3. The van der Waals surface area contributed by atoms with Crippen molar-refractivity contribution in [2.45, 2.75) is 25.8 Å². The van der Waals surface area contributed by atoms with E-state index in [9.17, 15) is 0 Å². The molecule has 0 amide bonds. The third-order valence-corrected chi connectivity index (χ3v) is 5.54. The van der Waals surface area contributed by atoms with Crippen molar-refractivity contribution < 1.29 is 0 Å². The molecule has 0 saturated carbocycles. The lowest BCUT2D eigenvalue weighted by molar-refractivity contribution is 0.629. The number of halogens is 1. The summed E-state index contributed by atoms with van der Waals surface area (Å²) in [4.78, 5) is 4.06. The first-order valence-corrected chi connectivity index (χ1v) is 8.69. The molecular weight excluding hydrogens is 332 g/mol. The maximum absolute atomic E-state index is 5.76. The Kier molecular flexibility index (Phi) is 4.15. The first-order valence-electron chi connectivity index (χ1n) is 7.02. The van der Waals surface area contributed by atoms with Crippen LogP contribution in [-0.2, 0) is 12.8 Å². The first-order chi connectivity index (χ1) is 9.70. The normalized spacial score (nSPS) is 18.1. The zero-order chi connectivity index (χ0) is 14.1. The number of anilines is 1. The van der Waals surface area contributed by atoms with Gasteiger partial charge in [0.25, 0.3) is 0 Å². The van der Waals surface area contributed by atoms with Gasteiger partial charge in [-0.1, -0.05) is 22.0 Å². The molecule has 3 rings (SSSR count). The second-order valence-electron chi connectivity index (χ2n) is 5.23. The quantitative estimate of drug-likeness (QED) is 0.901. The van der Waals surface area contributed by atoms with Gasteiger partial charge < -0.3 is 10.6 Å². The largest absolute Gasteiger partial charge is 0.364 e. The van der Waals surface area contributed by atoms with Crippen molar-refractivity contribution in [1.29, 1.82) is 0 Å². The minimum absolute atomic E-state index is 0.441. The molecule has 4 heteroatoms. The topological polar surface area (TPSA) is 29.3 Å². The molecule has 1 aromatic carbocycles. The Hall–Kier alpha value is -0.840. The second-order valence-corrected chi connectivity index (χ2v) is 7.15. The van der Waals surface area contributed by atoms with Gasteiger partial charge in [0.05, 0.1) is 6.04 Å². The molecule has 2 nitrogen and oxygen atoms in total. The Balaban J connectivity index is 1.99. The lowest BCUT2D eigenvalue weighted by Gasteiger charge is -2.37. The van der Waals surface area contributed by atoms with Gasteiger partial charge in [-0.05, 0) is 61.0 Å². The van der Waals surface area contributed by atoms with E-state index in [1.807, 2.05) is 11.3 Å². The molecule has 1 aliphatic heterocycles. The summed E-state index contributed by atoms with van der Waals surface area (Å²) in [5.74, 6) is 0. The van der Waals surface area contributed by atoms with E-state index in [4.69, 9.17) is 5.73 Å². The lowest BCUT2D eigenvalue weighted by atomic mass is 9.98. The van der Waals surface area contributed by atoms with Gasteiger partial charge >= 0.3 is 0 Å². The van der Waals surface area contributed by atoms with Gasteiger partial charge in [0.2, 0.25) is 0 Å². The summed E-state index contributed by atoms with van der Waals surface area (Å²) >= 11 is 5.49. The Morgan fingerprint density at radius 3 is 3.05 bits per heavy atom. The van der Waals surface area contributed by atoms with Crippen LogP contribution in [0.15, 0.2) is 34.1 Å². The number of nitrogens with zero attached hydrogens (tertiary/aromatic N) is 1. The molecule has 0 radical (unpaired) electrons. The molecule has 20 heavy (non-hydrogen) atoms. The van der Waals surface area contributed by atoms with Crippen molar-refractivity contribution in [3.05, 3.63) is 50.1 Å². The molecule has 2 heterocycles. The maximum Gasteiger partial charge on any atom is 0.0525 e. The molecule has 2 N–H and O–H groups in total. The third kappa shape index (κ3) is 2.52. The molecule has 0 spiro atoms. The lowest BCUT2D eigenvalue weighted by Crippen LogP contribution is -2.34. The zero-order valence-electron chi connectivity index (χ0n) is 11.6. The van der Waals surface area contributed by atoms with Crippen LogP contribution in [0.25, 0.3) is 0 Å². The maximum atomic E-state index is 5.76. The summed E-state index contributed by atoms with van der Waals surface area (Å²) in [6.45, 7) is 4.08. The van der Waals surface area contributed by atoms with Crippen LogP contribution >= 0.6 is 27.3 Å². The van der Waals surface area contributed by atoms with Crippen LogP contribution < -0.4 is 10.6 Å². The number of hydrogen-bond donors (Lipinski definition) is 1. The van der Waals surface area contributed by atoms with Gasteiger partial charge in [-0.2, -0.15) is 0 Å². The van der Waals surface area contributed by atoms with Crippen LogP contribution in [-0.4, -0.2) is 13.1 Å². The van der Waals surface area contributed by atoms with E-state index in [1.165, 1.54) is 16.8 Å². The SMILES string of the molecule is CC1c2ccsc2CCN1c1cc(Br)ccc1CCN. The summed E-state index contributed by atoms with van der Waals surface area (Å²) in [6, 6.07) is 9.26. The van der Waals surface area contributed by atoms with Crippen LogP contribution in [0.4, 0.5) is 5.69 Å². The monoisotopic (exact) mass is 350 g/mol. The number of rotatable bonds is 3. The summed E-state index contributed by atoms with van der Waals surface area (Å²) in [5.41, 5.74) is 9.93. The van der Waals surface area contributed by atoms with Crippen molar-refractivity contribution in [2.24, 2.45) is 5.73 Å². The highest BCUT2D eigenvalue weighted by molar-refractivity contribution is 9.10. The van der Waals surface area contributed by atoms with E-state index < -0.39 is 0 Å². The second kappa shape index (κ2) is 5.88. The Labute approximate surface area is 132 Å². The highest BCUT2D eigenvalue weighted by Crippen LogP contribution is 2.38. The van der Waals surface area contributed by atoms with Gasteiger partial charge in [-0.25, -0.2) is 0 Å². The van der Waals surface area contributed by atoms with Crippen molar-refractivity contribution in [3.63, 3.8) is 0 Å². The highest BCUT2D eigenvalue weighted by atomic mass is 79.9. The van der Waals surface area contributed by atoms with Gasteiger partial charge in [0.1, 0.15) is 0 Å². The van der Waals surface area contributed by atoms with E-state index in [1.54, 1.807) is 4.88 Å². The van der Waals surface area contributed by atoms with Gasteiger partial charge in [-0.15, -0.1) is 11.3 Å². The van der Waals surface area contributed by atoms with E-state index in [-0.39, 0.29) is 0 Å².